The van der Waals surface area contributed by atoms with E-state index in [2.05, 4.69) is 0 Å². The number of carbonyl (C=O) groups excluding carboxylic acids is 3. The van der Waals surface area contributed by atoms with Crippen LogP contribution in [0, 0.1) is 0 Å². The van der Waals surface area contributed by atoms with E-state index in [0.717, 1.165) is 30.4 Å². The number of benzene rings is 1. The van der Waals surface area contributed by atoms with Gasteiger partial charge in [0.1, 0.15) is 36.3 Å². The van der Waals surface area contributed by atoms with Gasteiger partial charge in [-0.15, -0.1) is 0 Å². The average Bonchev–Trinajstić information content (AvgIpc) is 2.80. The van der Waals surface area contributed by atoms with Gasteiger partial charge in [0.15, 0.2) is 18.2 Å². The Balaban J connectivity index is 1.50. The van der Waals surface area contributed by atoms with Crippen LogP contribution in [0.15, 0.2) is 54.6 Å². The predicted octanol–water partition coefficient (Wildman–Crippen LogP) is -0.884. The molecule has 0 aromatic heterocycles. The van der Waals surface area contributed by atoms with Crippen LogP contribution in [0.5, 0.6) is 5.75 Å². The standard InChI is InChI=1S/C23H24O11/c24-14-4-1-13(2-5-14)3-6-17(26)34-21-20(29)19(28)16(33-22(21)30)12-32-18(27)11-23(31)9-7-15(25)8-10-23/h1-10,16,19-22,24,28-31H,11-12H2/t16-,19-,20+,21-,22+/m1/s1. The lowest BCUT2D eigenvalue weighted by molar-refractivity contribution is -0.290. The summed E-state index contributed by atoms with van der Waals surface area (Å²) in [6, 6.07) is 5.92. The second-order valence-corrected chi connectivity index (χ2v) is 7.79. The summed E-state index contributed by atoms with van der Waals surface area (Å²) in [6.45, 7) is -0.571. The number of allylic oxidation sites excluding steroid dienone is 2. The fourth-order valence-electron chi connectivity index (χ4n) is 3.25. The van der Waals surface area contributed by atoms with Crippen LogP contribution in [0.25, 0.3) is 6.08 Å². The summed E-state index contributed by atoms with van der Waals surface area (Å²) in [4.78, 5) is 35.2. The van der Waals surface area contributed by atoms with Crippen molar-refractivity contribution in [2.45, 2.75) is 42.7 Å². The Kier molecular flexibility index (Phi) is 7.97. The lowest BCUT2D eigenvalue weighted by Gasteiger charge is -2.39. The Hall–Kier alpha value is -3.35. The first-order chi connectivity index (χ1) is 16.1. The summed E-state index contributed by atoms with van der Waals surface area (Å²) in [7, 11) is 0. The van der Waals surface area contributed by atoms with Crippen molar-refractivity contribution in [2.24, 2.45) is 0 Å². The summed E-state index contributed by atoms with van der Waals surface area (Å²) >= 11 is 0. The third-order valence-electron chi connectivity index (χ3n) is 5.13. The molecule has 1 aliphatic carbocycles. The molecule has 34 heavy (non-hydrogen) atoms. The third-order valence-corrected chi connectivity index (χ3v) is 5.13. The van der Waals surface area contributed by atoms with E-state index in [1.807, 2.05) is 0 Å². The molecule has 1 aromatic carbocycles. The third kappa shape index (κ3) is 6.59. The largest absolute Gasteiger partial charge is 0.508 e. The van der Waals surface area contributed by atoms with Crippen molar-refractivity contribution < 1.29 is 54.1 Å². The molecular weight excluding hydrogens is 452 g/mol. The number of ether oxygens (including phenoxy) is 3. The maximum atomic E-state index is 12.0. The number of carbonyl (C=O) groups is 3. The molecule has 1 aliphatic heterocycles. The number of rotatable bonds is 7. The van der Waals surface area contributed by atoms with E-state index < -0.39 is 61.3 Å². The first-order valence-electron chi connectivity index (χ1n) is 10.2. The van der Waals surface area contributed by atoms with E-state index in [4.69, 9.17) is 14.2 Å². The molecule has 11 heteroatoms. The molecule has 3 rings (SSSR count). The van der Waals surface area contributed by atoms with Gasteiger partial charge >= 0.3 is 11.9 Å². The number of aliphatic hydroxyl groups excluding tert-OH is 3. The van der Waals surface area contributed by atoms with Crippen molar-refractivity contribution in [3.05, 3.63) is 60.2 Å². The Morgan fingerprint density at radius 3 is 2.35 bits per heavy atom. The average molecular weight is 476 g/mol. The monoisotopic (exact) mass is 476 g/mol. The highest BCUT2D eigenvalue weighted by Crippen LogP contribution is 2.24. The van der Waals surface area contributed by atoms with Crippen LogP contribution >= 0.6 is 0 Å². The van der Waals surface area contributed by atoms with Gasteiger partial charge in [0, 0.05) is 6.08 Å². The van der Waals surface area contributed by atoms with Crippen LogP contribution in [0.1, 0.15) is 12.0 Å². The number of phenolic OH excluding ortho intramolecular Hbond substituents is 1. The van der Waals surface area contributed by atoms with Crippen LogP contribution in [0.4, 0.5) is 0 Å². The normalized spacial score (nSPS) is 28.1. The number of aromatic hydroxyl groups is 1. The van der Waals surface area contributed by atoms with Gasteiger partial charge in [-0.1, -0.05) is 12.1 Å². The van der Waals surface area contributed by atoms with Crippen molar-refractivity contribution in [2.75, 3.05) is 6.61 Å². The molecule has 11 nitrogen and oxygen atoms in total. The lowest BCUT2D eigenvalue weighted by atomic mass is 9.94. The van der Waals surface area contributed by atoms with Crippen molar-refractivity contribution in [3.8, 4) is 5.75 Å². The second-order valence-electron chi connectivity index (χ2n) is 7.79. The fraction of sp³-hybridized carbons (Fsp3) is 0.348. The van der Waals surface area contributed by atoms with Crippen molar-refractivity contribution in [3.63, 3.8) is 0 Å². The molecule has 5 atom stereocenters. The van der Waals surface area contributed by atoms with Gasteiger partial charge < -0.3 is 39.7 Å². The fourth-order valence-corrected chi connectivity index (χ4v) is 3.25. The maximum absolute atomic E-state index is 12.0. The molecule has 0 radical (unpaired) electrons. The van der Waals surface area contributed by atoms with Gasteiger partial charge in [0.05, 0.1) is 6.42 Å². The predicted molar refractivity (Wildman–Crippen MR) is 114 cm³/mol. The molecule has 0 bridgehead atoms. The van der Waals surface area contributed by atoms with Crippen LogP contribution in [-0.2, 0) is 28.6 Å². The van der Waals surface area contributed by atoms with E-state index in [1.54, 1.807) is 12.1 Å². The summed E-state index contributed by atoms with van der Waals surface area (Å²) in [6.07, 6.45) is -1.83. The number of phenols is 1. The van der Waals surface area contributed by atoms with Crippen molar-refractivity contribution in [1.29, 1.82) is 0 Å². The molecule has 0 amide bonds. The minimum atomic E-state index is -1.83. The van der Waals surface area contributed by atoms with Gasteiger partial charge in [0.2, 0.25) is 0 Å². The molecule has 1 fully saturated rings. The van der Waals surface area contributed by atoms with Crippen molar-refractivity contribution in [1.82, 2.24) is 0 Å². The topological polar surface area (TPSA) is 180 Å². The zero-order valence-electron chi connectivity index (χ0n) is 17.8. The Morgan fingerprint density at radius 2 is 1.71 bits per heavy atom. The summed E-state index contributed by atoms with van der Waals surface area (Å²) in [5.74, 6) is -2.11. The van der Waals surface area contributed by atoms with E-state index >= 15 is 0 Å². The summed E-state index contributed by atoms with van der Waals surface area (Å²) in [5, 5.41) is 50.2. The molecule has 0 saturated carbocycles. The van der Waals surface area contributed by atoms with Gasteiger partial charge in [-0.3, -0.25) is 9.59 Å². The molecule has 2 aliphatic rings. The second kappa shape index (κ2) is 10.7. The number of ketones is 1. The number of aliphatic hydroxyl groups is 4. The van der Waals surface area contributed by atoms with E-state index in [-0.39, 0.29) is 11.5 Å². The van der Waals surface area contributed by atoms with Gasteiger partial charge in [0.25, 0.3) is 0 Å². The summed E-state index contributed by atoms with van der Waals surface area (Å²) < 4.78 is 15.1. The highest BCUT2D eigenvalue weighted by Gasteiger charge is 2.46. The molecule has 1 saturated heterocycles. The van der Waals surface area contributed by atoms with Crippen molar-refractivity contribution >= 4 is 23.8 Å². The van der Waals surface area contributed by atoms with Gasteiger partial charge in [-0.05, 0) is 48.1 Å². The molecule has 0 spiro atoms. The zero-order chi connectivity index (χ0) is 24.9. The first kappa shape index (κ1) is 25.3. The van der Waals surface area contributed by atoms with Gasteiger partial charge in [-0.2, -0.15) is 0 Å². The highest BCUT2D eigenvalue weighted by molar-refractivity contribution is 6.00. The maximum Gasteiger partial charge on any atom is 0.331 e. The lowest BCUT2D eigenvalue weighted by Crippen LogP contribution is -2.60. The SMILES string of the molecule is O=C1C=CC(O)(CC(=O)OC[C@H]2O[C@H](O)[C@H](OC(=O)C=Cc3ccc(O)cc3)[C@@H](O)[C@@H]2O)C=C1. The van der Waals surface area contributed by atoms with Crippen LogP contribution in [-0.4, -0.2) is 86.2 Å². The minimum Gasteiger partial charge on any atom is -0.508 e. The highest BCUT2D eigenvalue weighted by atomic mass is 16.7. The zero-order valence-corrected chi connectivity index (χ0v) is 17.8. The Labute approximate surface area is 193 Å². The molecular formula is C23H24O11. The Morgan fingerprint density at radius 1 is 1.06 bits per heavy atom. The quantitative estimate of drug-likeness (QED) is 0.243. The molecule has 0 unspecified atom stereocenters. The van der Waals surface area contributed by atoms with E-state index in [9.17, 15) is 39.9 Å². The van der Waals surface area contributed by atoms with Gasteiger partial charge in [-0.25, -0.2) is 4.79 Å². The number of hydrogen-bond donors (Lipinski definition) is 5. The molecule has 5 N–H and O–H groups in total. The smallest absolute Gasteiger partial charge is 0.331 e. The van der Waals surface area contributed by atoms with E-state index in [1.165, 1.54) is 18.2 Å². The van der Waals surface area contributed by atoms with E-state index in [0.29, 0.717) is 5.56 Å². The molecule has 182 valence electrons. The first-order valence-corrected chi connectivity index (χ1v) is 10.2. The van der Waals surface area contributed by atoms with Crippen LogP contribution in [0.2, 0.25) is 0 Å². The summed E-state index contributed by atoms with van der Waals surface area (Å²) in [5.41, 5.74) is -1.13. The van der Waals surface area contributed by atoms with Crippen LogP contribution < -0.4 is 0 Å². The Bertz CT molecular complexity index is 979. The van der Waals surface area contributed by atoms with Crippen LogP contribution in [0.3, 0.4) is 0 Å². The number of hydrogen-bond acceptors (Lipinski definition) is 11. The molecule has 1 aromatic rings. The minimum absolute atomic E-state index is 0.0505. The number of esters is 2. The molecule has 1 heterocycles.